The van der Waals surface area contributed by atoms with Crippen LogP contribution in [0.5, 0.6) is 11.5 Å². The molecule has 0 fully saturated rings. The molecule has 2 aromatic heterocycles. The Morgan fingerprint density at radius 3 is 2.29 bits per heavy atom. The molecule has 9 heteroatoms. The first kappa shape index (κ1) is 23.1. The van der Waals surface area contributed by atoms with E-state index in [1.54, 1.807) is 26.2 Å². The van der Waals surface area contributed by atoms with E-state index in [2.05, 4.69) is 51.4 Å². The quantitative estimate of drug-likeness (QED) is 0.328. The third-order valence-corrected chi connectivity index (χ3v) is 7.42. The van der Waals surface area contributed by atoms with Crippen LogP contribution in [0.25, 0.3) is 17.1 Å². The summed E-state index contributed by atoms with van der Waals surface area (Å²) in [7, 11) is 2.08. The number of rotatable bonds is 9. The molecule has 1 aromatic carbocycles. The lowest BCUT2D eigenvalue weighted by Gasteiger charge is -2.26. The van der Waals surface area contributed by atoms with Crippen molar-refractivity contribution in [2.75, 3.05) is 31.3 Å². The molecule has 0 N–H and O–H groups in total. The van der Waals surface area contributed by atoms with E-state index in [9.17, 15) is 0 Å². The minimum Gasteiger partial charge on any atom is -0.494 e. The fraction of sp³-hybridized carbons (Fsp3) is 0.409. The van der Waals surface area contributed by atoms with Gasteiger partial charge in [-0.15, -0.1) is 10.2 Å². The summed E-state index contributed by atoms with van der Waals surface area (Å²) in [6, 6.07) is 8.96. The first-order valence-corrected chi connectivity index (χ1v) is 15.1. The molecule has 166 valence electrons. The number of pyridine rings is 1. The van der Waals surface area contributed by atoms with E-state index in [0.717, 1.165) is 35.4 Å². The lowest BCUT2D eigenvalue weighted by molar-refractivity contribution is 0.391. The van der Waals surface area contributed by atoms with Gasteiger partial charge in [0.2, 0.25) is 5.95 Å². The van der Waals surface area contributed by atoms with Crippen LogP contribution in [0.3, 0.4) is 0 Å². The molecule has 0 amide bonds. The van der Waals surface area contributed by atoms with E-state index in [0.29, 0.717) is 17.3 Å². The van der Waals surface area contributed by atoms with Crippen LogP contribution in [-0.2, 0) is 0 Å². The smallest absolute Gasteiger partial charge is 0.242 e. The Morgan fingerprint density at radius 1 is 1.06 bits per heavy atom. The van der Waals surface area contributed by atoms with Crippen molar-refractivity contribution in [1.29, 1.82) is 0 Å². The fourth-order valence-electron chi connectivity index (χ4n) is 3.27. The van der Waals surface area contributed by atoms with E-state index in [4.69, 9.17) is 9.47 Å². The zero-order valence-electron chi connectivity index (χ0n) is 19.3. The number of hydrogen-bond acceptors (Lipinski definition) is 7. The maximum Gasteiger partial charge on any atom is 0.242 e. The van der Waals surface area contributed by atoms with Gasteiger partial charge in [0.15, 0.2) is 5.82 Å². The number of ether oxygens (including phenoxy) is 2. The van der Waals surface area contributed by atoms with Gasteiger partial charge in [-0.2, -0.15) is 0 Å². The third kappa shape index (κ3) is 5.22. The van der Waals surface area contributed by atoms with Crippen LogP contribution in [-0.4, -0.2) is 54.8 Å². The highest BCUT2D eigenvalue weighted by Gasteiger charge is 2.26. The minimum atomic E-state index is -1.24. The Bertz CT molecular complexity index is 1010. The van der Waals surface area contributed by atoms with Gasteiger partial charge >= 0.3 is 0 Å². The van der Waals surface area contributed by atoms with E-state index < -0.39 is 8.07 Å². The molecule has 0 aliphatic carbocycles. The fourth-order valence-corrected chi connectivity index (χ4v) is 4.88. The average Bonchev–Trinajstić information content (AvgIpc) is 3.17. The molecule has 7 nitrogen and oxygen atoms in total. The molecule has 0 atom stereocenters. The third-order valence-electron chi connectivity index (χ3n) is 4.91. The molecule has 2 heterocycles. The number of hydrogen-bond donors (Lipinski definition) is 0. The number of methoxy groups -OCH3 is 2. The summed E-state index contributed by atoms with van der Waals surface area (Å²) >= 11 is 1.65. The molecule has 0 spiro atoms. The molecule has 3 aromatic rings. The summed E-state index contributed by atoms with van der Waals surface area (Å²) in [5.74, 6) is 2.81. The standard InChI is InChI=1S/C22H31N5O2SSi/c1-16-13-17(15-23-14-16)21-24-25-22(26(30-4)11-12-31(5,6)7)27(21)20-18(28-2)9-8-10-19(20)29-3/h8-10,13-15H,11-12H2,1-7H3. The summed E-state index contributed by atoms with van der Waals surface area (Å²) in [5, 5.41) is 9.20. The second-order valence-electron chi connectivity index (χ2n) is 8.52. The Labute approximate surface area is 190 Å². The molecular formula is C22H31N5O2SSi. The summed E-state index contributed by atoms with van der Waals surface area (Å²) in [6.45, 7) is 10.0. The van der Waals surface area contributed by atoms with Crippen molar-refractivity contribution in [1.82, 2.24) is 19.7 Å². The number of anilines is 1. The molecule has 0 radical (unpaired) electrons. The summed E-state index contributed by atoms with van der Waals surface area (Å²) < 4.78 is 15.7. The van der Waals surface area contributed by atoms with Crippen LogP contribution in [0.1, 0.15) is 5.56 Å². The molecule has 0 aliphatic heterocycles. The number of para-hydroxylation sites is 1. The van der Waals surface area contributed by atoms with Crippen molar-refractivity contribution in [3.05, 3.63) is 42.2 Å². The monoisotopic (exact) mass is 457 g/mol. The molecule has 0 aliphatic rings. The lowest BCUT2D eigenvalue weighted by Crippen LogP contribution is -2.28. The van der Waals surface area contributed by atoms with Crippen LogP contribution in [0.15, 0.2) is 36.7 Å². The van der Waals surface area contributed by atoms with Gasteiger partial charge < -0.3 is 9.47 Å². The van der Waals surface area contributed by atoms with Crippen molar-refractivity contribution >= 4 is 26.0 Å². The lowest BCUT2D eigenvalue weighted by atomic mass is 10.2. The predicted molar refractivity (Wildman–Crippen MR) is 131 cm³/mol. The van der Waals surface area contributed by atoms with Crippen molar-refractivity contribution in [3.8, 4) is 28.6 Å². The molecule has 0 saturated heterocycles. The number of aromatic nitrogens is 4. The number of benzene rings is 1. The predicted octanol–water partition coefficient (Wildman–Crippen LogP) is 5.08. The maximum atomic E-state index is 5.72. The highest BCUT2D eigenvalue weighted by atomic mass is 32.2. The first-order valence-electron chi connectivity index (χ1n) is 10.2. The Kier molecular flexibility index (Phi) is 7.27. The van der Waals surface area contributed by atoms with Crippen LogP contribution in [0.4, 0.5) is 5.95 Å². The Morgan fingerprint density at radius 2 is 1.74 bits per heavy atom. The number of nitrogens with zero attached hydrogens (tertiary/aromatic N) is 5. The molecule has 0 bridgehead atoms. The second-order valence-corrected chi connectivity index (χ2v) is 14.9. The Balaban J connectivity index is 2.25. The van der Waals surface area contributed by atoms with Crippen LogP contribution < -0.4 is 13.8 Å². The van der Waals surface area contributed by atoms with Gasteiger partial charge in [-0.3, -0.25) is 13.9 Å². The largest absolute Gasteiger partial charge is 0.494 e. The molecule has 31 heavy (non-hydrogen) atoms. The van der Waals surface area contributed by atoms with Gasteiger partial charge in [0, 0.05) is 38.8 Å². The molecule has 0 saturated carbocycles. The van der Waals surface area contributed by atoms with Crippen LogP contribution >= 0.6 is 11.9 Å². The van der Waals surface area contributed by atoms with Gasteiger partial charge in [-0.1, -0.05) is 37.7 Å². The molecule has 3 rings (SSSR count). The van der Waals surface area contributed by atoms with Gasteiger partial charge in [0.05, 0.1) is 14.2 Å². The SMILES string of the molecule is COc1cccc(OC)c1-n1c(-c2cncc(C)c2)nnc1N(CC[Si](C)(C)C)SC. The maximum absolute atomic E-state index is 5.72. The van der Waals surface area contributed by atoms with Gasteiger partial charge in [0.25, 0.3) is 0 Å². The van der Waals surface area contributed by atoms with E-state index in [1.165, 1.54) is 0 Å². The van der Waals surface area contributed by atoms with Crippen molar-refractivity contribution in [2.24, 2.45) is 0 Å². The van der Waals surface area contributed by atoms with Gasteiger partial charge in [-0.25, -0.2) is 0 Å². The van der Waals surface area contributed by atoms with Crippen LogP contribution in [0.2, 0.25) is 25.7 Å². The normalized spacial score (nSPS) is 11.5. The van der Waals surface area contributed by atoms with E-state index in [-0.39, 0.29) is 0 Å². The first-order chi connectivity index (χ1) is 14.8. The topological polar surface area (TPSA) is 65.3 Å². The average molecular weight is 458 g/mol. The highest BCUT2D eigenvalue weighted by molar-refractivity contribution is 7.99. The number of aryl methyl sites for hydroxylation is 1. The van der Waals surface area contributed by atoms with Crippen molar-refractivity contribution < 1.29 is 9.47 Å². The summed E-state index contributed by atoms with van der Waals surface area (Å²) in [6.07, 6.45) is 5.71. The molecule has 0 unspecified atom stereocenters. The van der Waals surface area contributed by atoms with Crippen LogP contribution in [0, 0.1) is 6.92 Å². The Hall–Kier alpha value is -2.52. The summed E-state index contributed by atoms with van der Waals surface area (Å²) in [4.78, 5) is 4.37. The van der Waals surface area contributed by atoms with Crippen molar-refractivity contribution in [3.63, 3.8) is 0 Å². The second kappa shape index (κ2) is 9.74. The highest BCUT2D eigenvalue weighted by Crippen LogP contribution is 2.39. The van der Waals surface area contributed by atoms with Gasteiger partial charge in [-0.05, 0) is 36.7 Å². The van der Waals surface area contributed by atoms with E-state index >= 15 is 0 Å². The van der Waals surface area contributed by atoms with Gasteiger partial charge in [0.1, 0.15) is 17.2 Å². The summed E-state index contributed by atoms with van der Waals surface area (Å²) in [5.41, 5.74) is 2.72. The molecular weight excluding hydrogens is 426 g/mol. The van der Waals surface area contributed by atoms with Crippen molar-refractivity contribution in [2.45, 2.75) is 32.6 Å². The van der Waals surface area contributed by atoms with E-state index in [1.807, 2.05) is 42.1 Å². The zero-order chi connectivity index (χ0) is 22.6. The zero-order valence-corrected chi connectivity index (χ0v) is 21.2. The minimum absolute atomic E-state index is 0.688.